The molecule has 0 bridgehead atoms. The number of ether oxygens (including phenoxy) is 1. The molecule has 0 atom stereocenters. The molecule has 0 fully saturated rings. The van der Waals surface area contributed by atoms with E-state index in [1.165, 1.54) is 18.2 Å². The molecule has 4 rings (SSSR count). The maximum atomic E-state index is 11.9. The van der Waals surface area contributed by atoms with Crippen LogP contribution in [0.15, 0.2) is 69.4 Å². The van der Waals surface area contributed by atoms with Crippen LogP contribution in [0.5, 0.6) is 5.75 Å². The van der Waals surface area contributed by atoms with Gasteiger partial charge in [-0.05, 0) is 65.0 Å². The highest BCUT2D eigenvalue weighted by molar-refractivity contribution is 5.85. The van der Waals surface area contributed by atoms with Gasteiger partial charge < -0.3 is 18.4 Å². The van der Waals surface area contributed by atoms with Crippen molar-refractivity contribution in [2.24, 2.45) is 21.1 Å². The average Bonchev–Trinajstić information content (AvgIpc) is 2.91. The second kappa shape index (κ2) is 14.0. The number of fused-ring (bicyclic) bond motifs is 1. The minimum atomic E-state index is -0.0908. The summed E-state index contributed by atoms with van der Waals surface area (Å²) in [6.07, 6.45) is 5.69. The lowest BCUT2D eigenvalue weighted by molar-refractivity contribution is 0.403. The number of aryl methyl sites for hydroxylation is 4. The zero-order chi connectivity index (χ0) is 30.3. The maximum Gasteiger partial charge on any atom is 0.292 e. The van der Waals surface area contributed by atoms with Gasteiger partial charge in [0.1, 0.15) is 0 Å². The summed E-state index contributed by atoms with van der Waals surface area (Å²) in [5.41, 5.74) is 4.46. The van der Waals surface area contributed by atoms with Gasteiger partial charge in [0.25, 0.3) is 16.7 Å². The first-order valence-electron chi connectivity index (χ1n) is 13.7. The van der Waals surface area contributed by atoms with Crippen LogP contribution < -0.4 is 21.4 Å². The lowest BCUT2D eigenvalue weighted by Gasteiger charge is -2.11. The molecule has 0 aliphatic carbocycles. The lowest BCUT2D eigenvalue weighted by Crippen LogP contribution is -2.19. The first kappa shape index (κ1) is 32.3. The minimum Gasteiger partial charge on any atom is -0.491 e. The molecule has 0 spiro atoms. The minimum absolute atomic E-state index is 0.0787. The standard InChI is InChI=1S/C13H15NO.C10H15NO2.C10H15NO/c1-9(2)12-8-14(3)13(15)11-7-5-4-6-10(11)12;1-7(2)8-5-9(13-4)10(12)11(3)6-8;1-7(2)9-5-8(3)10(12)11(4)6-9/h4-9H,1-3H3;5-7H,1-4H3;5-7H,1-4H3. The smallest absolute Gasteiger partial charge is 0.292 e. The Kier molecular flexibility index (Phi) is 11.3. The van der Waals surface area contributed by atoms with Crippen molar-refractivity contribution in [3.05, 3.63) is 108 Å². The normalized spacial score (nSPS) is 10.8. The van der Waals surface area contributed by atoms with E-state index in [2.05, 4.69) is 41.5 Å². The molecule has 40 heavy (non-hydrogen) atoms. The van der Waals surface area contributed by atoms with Crippen molar-refractivity contribution in [1.82, 2.24) is 13.7 Å². The fraction of sp³-hybridized carbons (Fsp3) is 0.424. The van der Waals surface area contributed by atoms with E-state index < -0.39 is 0 Å². The Labute approximate surface area is 237 Å². The predicted molar refractivity (Wildman–Crippen MR) is 166 cm³/mol. The van der Waals surface area contributed by atoms with Crippen LogP contribution in [0.25, 0.3) is 10.8 Å². The fourth-order valence-corrected chi connectivity index (χ4v) is 4.30. The third-order valence-electron chi connectivity index (χ3n) is 6.85. The number of pyridine rings is 3. The van der Waals surface area contributed by atoms with Crippen molar-refractivity contribution in [3.8, 4) is 5.75 Å². The van der Waals surface area contributed by atoms with Crippen LogP contribution in [0.3, 0.4) is 0 Å². The quantitative estimate of drug-likeness (QED) is 0.314. The maximum absolute atomic E-state index is 11.9. The molecular formula is C33H45N3O4. The Balaban J connectivity index is 0.000000212. The van der Waals surface area contributed by atoms with E-state index in [1.807, 2.05) is 55.8 Å². The molecule has 0 aliphatic rings. The topological polar surface area (TPSA) is 75.2 Å². The summed E-state index contributed by atoms with van der Waals surface area (Å²) in [5, 5.41) is 1.89. The lowest BCUT2D eigenvalue weighted by atomic mass is 9.99. The van der Waals surface area contributed by atoms with Gasteiger partial charge >= 0.3 is 0 Å². The molecule has 7 heteroatoms. The van der Waals surface area contributed by atoms with E-state index in [4.69, 9.17) is 4.74 Å². The summed E-state index contributed by atoms with van der Waals surface area (Å²) in [5.74, 6) is 1.73. The molecule has 0 unspecified atom stereocenters. The number of nitrogens with zero attached hydrogens (tertiary/aromatic N) is 3. The van der Waals surface area contributed by atoms with Crippen molar-refractivity contribution >= 4 is 10.8 Å². The monoisotopic (exact) mass is 547 g/mol. The van der Waals surface area contributed by atoms with E-state index >= 15 is 0 Å². The Bertz CT molecular complexity index is 1600. The van der Waals surface area contributed by atoms with Crippen molar-refractivity contribution in [1.29, 1.82) is 0 Å². The molecule has 7 nitrogen and oxygen atoms in total. The van der Waals surface area contributed by atoms with Crippen molar-refractivity contribution in [2.75, 3.05) is 7.11 Å². The van der Waals surface area contributed by atoms with Gasteiger partial charge in [-0.1, -0.05) is 59.7 Å². The third kappa shape index (κ3) is 7.84. The molecule has 0 aliphatic heterocycles. The van der Waals surface area contributed by atoms with Gasteiger partial charge in [0, 0.05) is 50.7 Å². The van der Waals surface area contributed by atoms with Gasteiger partial charge in [0.05, 0.1) is 7.11 Å². The van der Waals surface area contributed by atoms with Crippen LogP contribution in [0, 0.1) is 6.92 Å². The van der Waals surface area contributed by atoms with Gasteiger partial charge in [0.15, 0.2) is 5.75 Å². The van der Waals surface area contributed by atoms with E-state index in [9.17, 15) is 14.4 Å². The average molecular weight is 548 g/mol. The highest BCUT2D eigenvalue weighted by atomic mass is 16.5. The van der Waals surface area contributed by atoms with Gasteiger partial charge in [-0.15, -0.1) is 0 Å². The van der Waals surface area contributed by atoms with Gasteiger partial charge in [-0.25, -0.2) is 0 Å². The Hall–Kier alpha value is -3.87. The molecule has 0 saturated carbocycles. The van der Waals surface area contributed by atoms with Crippen LogP contribution in [0.4, 0.5) is 0 Å². The molecule has 0 saturated heterocycles. The first-order valence-corrected chi connectivity index (χ1v) is 13.7. The van der Waals surface area contributed by atoms with E-state index in [-0.39, 0.29) is 16.7 Å². The molecule has 3 aromatic heterocycles. The largest absolute Gasteiger partial charge is 0.491 e. The molecule has 4 aromatic rings. The number of methoxy groups -OCH3 is 1. The van der Waals surface area contributed by atoms with Crippen molar-refractivity contribution < 1.29 is 4.74 Å². The van der Waals surface area contributed by atoms with Crippen LogP contribution >= 0.6 is 0 Å². The summed E-state index contributed by atoms with van der Waals surface area (Å²) >= 11 is 0. The fourth-order valence-electron chi connectivity index (χ4n) is 4.30. The highest BCUT2D eigenvalue weighted by Gasteiger charge is 2.09. The molecule has 3 heterocycles. The summed E-state index contributed by atoms with van der Waals surface area (Å²) in [6.45, 7) is 14.6. The second-order valence-electron chi connectivity index (χ2n) is 11.1. The van der Waals surface area contributed by atoms with Gasteiger partial charge in [-0.3, -0.25) is 14.4 Å². The number of hydrogen-bond donors (Lipinski definition) is 0. The Morgan fingerprint density at radius 3 is 1.57 bits per heavy atom. The second-order valence-corrected chi connectivity index (χ2v) is 11.1. The summed E-state index contributed by atoms with van der Waals surface area (Å²) in [7, 11) is 6.85. The molecular weight excluding hydrogens is 502 g/mol. The van der Waals surface area contributed by atoms with Crippen LogP contribution in [0.2, 0.25) is 0 Å². The summed E-state index contributed by atoms with van der Waals surface area (Å²) < 4.78 is 9.84. The van der Waals surface area contributed by atoms with Crippen LogP contribution in [-0.2, 0) is 21.1 Å². The number of hydrogen-bond acceptors (Lipinski definition) is 4. The first-order chi connectivity index (χ1) is 18.7. The third-order valence-corrected chi connectivity index (χ3v) is 6.85. The van der Waals surface area contributed by atoms with E-state index in [0.717, 1.165) is 21.9 Å². The zero-order valence-corrected chi connectivity index (χ0v) is 25.9. The number of aromatic nitrogens is 3. The SMILES string of the molecule is CC(C)c1cn(C)c(=O)c2ccccc12.COc1cc(C(C)C)cn(C)c1=O.Cc1cc(C(C)C)cn(C)c1=O. The van der Waals surface area contributed by atoms with Crippen LogP contribution in [0.1, 0.15) is 81.5 Å². The summed E-state index contributed by atoms with van der Waals surface area (Å²) in [4.78, 5) is 34.6. The molecule has 1 aromatic carbocycles. The number of benzene rings is 1. The zero-order valence-electron chi connectivity index (χ0n) is 25.9. The van der Waals surface area contributed by atoms with Gasteiger partial charge in [-0.2, -0.15) is 0 Å². The predicted octanol–water partition coefficient (Wildman–Crippen LogP) is 6.00. The molecule has 0 amide bonds. The summed E-state index contributed by atoms with van der Waals surface area (Å²) in [6, 6.07) is 11.6. The highest BCUT2D eigenvalue weighted by Crippen LogP contribution is 2.22. The Morgan fingerprint density at radius 2 is 1.10 bits per heavy atom. The van der Waals surface area contributed by atoms with Crippen molar-refractivity contribution in [2.45, 2.75) is 66.2 Å². The molecule has 0 N–H and O–H groups in total. The number of rotatable bonds is 4. The van der Waals surface area contributed by atoms with Crippen molar-refractivity contribution in [3.63, 3.8) is 0 Å². The molecule has 0 radical (unpaired) electrons. The van der Waals surface area contributed by atoms with E-state index in [1.54, 1.807) is 40.9 Å². The van der Waals surface area contributed by atoms with Crippen LogP contribution in [-0.4, -0.2) is 20.8 Å². The molecule has 216 valence electrons. The van der Waals surface area contributed by atoms with Gasteiger partial charge in [0.2, 0.25) is 0 Å². The van der Waals surface area contributed by atoms with E-state index in [0.29, 0.717) is 23.5 Å². The Morgan fingerprint density at radius 1 is 0.625 bits per heavy atom.